The molecular weight excluding hydrogens is 316 g/mol. The molecule has 0 bridgehead atoms. The molecule has 0 unspecified atom stereocenters. The molecule has 1 amide bonds. The summed E-state index contributed by atoms with van der Waals surface area (Å²) in [5, 5.41) is 3.84. The van der Waals surface area contributed by atoms with Crippen LogP contribution in [0.25, 0.3) is 0 Å². The van der Waals surface area contributed by atoms with Crippen molar-refractivity contribution in [1.82, 2.24) is 5.32 Å². The summed E-state index contributed by atoms with van der Waals surface area (Å²) in [4.78, 5) is 27.7. The van der Waals surface area contributed by atoms with Crippen LogP contribution in [0.1, 0.15) is 46.4 Å². The predicted molar refractivity (Wildman–Crippen MR) is 88.6 cm³/mol. The SMILES string of the molecule is CCOC(=O)c1c(N2CCOCC2)sc2c1CC(C)(C)NC2=O. The van der Waals surface area contributed by atoms with Gasteiger partial charge in [0.05, 0.1) is 30.3 Å². The van der Waals surface area contributed by atoms with Crippen molar-refractivity contribution in [2.75, 3.05) is 37.8 Å². The Balaban J connectivity index is 2.08. The van der Waals surface area contributed by atoms with Crippen LogP contribution in [0.2, 0.25) is 0 Å². The molecule has 1 fully saturated rings. The molecule has 1 N–H and O–H groups in total. The molecule has 1 aromatic rings. The van der Waals surface area contributed by atoms with Crippen LogP contribution < -0.4 is 10.2 Å². The number of carbonyl (C=O) groups is 2. The summed E-state index contributed by atoms with van der Waals surface area (Å²) in [6.45, 7) is 8.74. The molecule has 0 aliphatic carbocycles. The molecule has 0 radical (unpaired) electrons. The van der Waals surface area contributed by atoms with Gasteiger partial charge in [-0.3, -0.25) is 4.79 Å². The lowest BCUT2D eigenvalue weighted by molar-refractivity contribution is 0.0525. The zero-order chi connectivity index (χ0) is 16.6. The van der Waals surface area contributed by atoms with Crippen LogP contribution in [0.4, 0.5) is 5.00 Å². The van der Waals surface area contributed by atoms with E-state index in [-0.39, 0.29) is 17.4 Å². The summed E-state index contributed by atoms with van der Waals surface area (Å²) in [5.41, 5.74) is 1.02. The molecule has 126 valence electrons. The number of nitrogens with zero attached hydrogens (tertiary/aromatic N) is 1. The average Bonchev–Trinajstić information content (AvgIpc) is 2.86. The Morgan fingerprint density at radius 3 is 2.74 bits per heavy atom. The topological polar surface area (TPSA) is 67.9 Å². The van der Waals surface area contributed by atoms with Gasteiger partial charge in [-0.1, -0.05) is 0 Å². The highest BCUT2D eigenvalue weighted by Gasteiger charge is 2.38. The van der Waals surface area contributed by atoms with Gasteiger partial charge in [-0.05, 0) is 32.8 Å². The van der Waals surface area contributed by atoms with Crippen LogP contribution >= 0.6 is 11.3 Å². The number of hydrogen-bond donors (Lipinski definition) is 1. The van der Waals surface area contributed by atoms with Gasteiger partial charge in [-0.25, -0.2) is 4.79 Å². The smallest absolute Gasteiger partial charge is 0.341 e. The maximum absolute atomic E-state index is 12.6. The van der Waals surface area contributed by atoms with E-state index < -0.39 is 0 Å². The second-order valence-electron chi connectivity index (χ2n) is 6.42. The van der Waals surface area contributed by atoms with Crippen molar-refractivity contribution in [2.24, 2.45) is 0 Å². The van der Waals surface area contributed by atoms with E-state index in [0.717, 1.165) is 23.7 Å². The molecule has 0 saturated carbocycles. The number of anilines is 1. The number of amides is 1. The van der Waals surface area contributed by atoms with Gasteiger partial charge in [0.2, 0.25) is 0 Å². The minimum atomic E-state index is -0.366. The second kappa shape index (κ2) is 6.13. The Kier molecular flexibility index (Phi) is 4.33. The summed E-state index contributed by atoms with van der Waals surface area (Å²) in [6, 6.07) is 0. The van der Waals surface area contributed by atoms with Crippen molar-refractivity contribution >= 4 is 28.2 Å². The van der Waals surface area contributed by atoms with Gasteiger partial charge in [-0.15, -0.1) is 11.3 Å². The maximum Gasteiger partial charge on any atom is 0.341 e. The van der Waals surface area contributed by atoms with Gasteiger partial charge in [0.25, 0.3) is 5.91 Å². The minimum absolute atomic E-state index is 0.105. The Morgan fingerprint density at radius 1 is 1.39 bits per heavy atom. The van der Waals surface area contributed by atoms with Gasteiger partial charge < -0.3 is 19.7 Å². The first-order valence-electron chi connectivity index (χ1n) is 7.91. The summed E-state index contributed by atoms with van der Waals surface area (Å²) in [7, 11) is 0. The Bertz CT molecular complexity index is 632. The maximum atomic E-state index is 12.6. The normalized spacial score (nSPS) is 20.0. The third-order valence-corrected chi connectivity index (χ3v) is 5.33. The Labute approximate surface area is 139 Å². The van der Waals surface area contributed by atoms with Crippen LogP contribution in [-0.2, 0) is 15.9 Å². The van der Waals surface area contributed by atoms with E-state index in [1.165, 1.54) is 11.3 Å². The summed E-state index contributed by atoms with van der Waals surface area (Å²) < 4.78 is 10.7. The largest absolute Gasteiger partial charge is 0.462 e. The number of carbonyl (C=O) groups excluding carboxylic acids is 2. The van der Waals surface area contributed by atoms with Gasteiger partial charge in [0.1, 0.15) is 5.00 Å². The first-order valence-corrected chi connectivity index (χ1v) is 8.72. The molecule has 7 heteroatoms. The van der Waals surface area contributed by atoms with E-state index in [1.807, 2.05) is 13.8 Å². The Morgan fingerprint density at radius 2 is 2.09 bits per heavy atom. The fourth-order valence-corrected chi connectivity index (χ4v) is 4.31. The highest BCUT2D eigenvalue weighted by atomic mass is 32.1. The number of thiophene rings is 1. The van der Waals surface area contributed by atoms with Gasteiger partial charge in [0, 0.05) is 18.6 Å². The highest BCUT2D eigenvalue weighted by Crippen LogP contribution is 2.41. The second-order valence-corrected chi connectivity index (χ2v) is 7.42. The summed E-state index contributed by atoms with van der Waals surface area (Å²) in [6.07, 6.45) is 0.628. The van der Waals surface area contributed by atoms with Crippen molar-refractivity contribution in [3.05, 3.63) is 16.0 Å². The zero-order valence-electron chi connectivity index (χ0n) is 13.7. The molecule has 2 aliphatic rings. The van der Waals surface area contributed by atoms with Crippen LogP contribution in [0.5, 0.6) is 0 Å². The first kappa shape index (κ1) is 16.3. The molecule has 6 nitrogen and oxygen atoms in total. The average molecular weight is 338 g/mol. The summed E-state index contributed by atoms with van der Waals surface area (Å²) in [5.74, 6) is -0.441. The van der Waals surface area contributed by atoms with Crippen molar-refractivity contribution in [3.63, 3.8) is 0 Å². The van der Waals surface area contributed by atoms with E-state index in [2.05, 4.69) is 10.2 Å². The van der Waals surface area contributed by atoms with Crippen LogP contribution in [0, 0.1) is 0 Å². The number of nitrogens with one attached hydrogen (secondary N) is 1. The van der Waals surface area contributed by atoms with E-state index in [1.54, 1.807) is 6.92 Å². The molecule has 3 rings (SSSR count). The van der Waals surface area contributed by atoms with Crippen LogP contribution in [0.3, 0.4) is 0 Å². The summed E-state index contributed by atoms with van der Waals surface area (Å²) >= 11 is 1.39. The van der Waals surface area contributed by atoms with Gasteiger partial charge >= 0.3 is 5.97 Å². The lowest BCUT2D eigenvalue weighted by Gasteiger charge is -2.31. The van der Waals surface area contributed by atoms with Crippen molar-refractivity contribution < 1.29 is 19.1 Å². The molecule has 1 saturated heterocycles. The van der Waals surface area contributed by atoms with Crippen LogP contribution in [0.15, 0.2) is 0 Å². The molecule has 0 atom stereocenters. The van der Waals surface area contributed by atoms with E-state index in [9.17, 15) is 9.59 Å². The first-order chi connectivity index (χ1) is 10.9. The lowest BCUT2D eigenvalue weighted by atomic mass is 9.89. The number of esters is 1. The quantitative estimate of drug-likeness (QED) is 0.852. The lowest BCUT2D eigenvalue weighted by Crippen LogP contribution is -2.48. The van der Waals surface area contributed by atoms with Gasteiger partial charge in [-0.2, -0.15) is 0 Å². The van der Waals surface area contributed by atoms with Crippen LogP contribution in [-0.4, -0.2) is 50.3 Å². The minimum Gasteiger partial charge on any atom is -0.462 e. The van der Waals surface area contributed by atoms with E-state index in [0.29, 0.717) is 36.7 Å². The number of hydrogen-bond acceptors (Lipinski definition) is 6. The van der Waals surface area contributed by atoms with E-state index >= 15 is 0 Å². The highest BCUT2D eigenvalue weighted by molar-refractivity contribution is 7.18. The van der Waals surface area contributed by atoms with E-state index in [4.69, 9.17) is 9.47 Å². The standard InChI is InChI=1S/C16H22N2O4S/c1-4-22-15(20)11-10-9-16(2,3)17-13(19)12(10)23-14(11)18-5-7-21-8-6-18/h4-9H2,1-3H3,(H,17,19). The number of morpholine rings is 1. The zero-order valence-corrected chi connectivity index (χ0v) is 14.5. The third-order valence-electron chi connectivity index (χ3n) is 4.04. The molecule has 0 aromatic carbocycles. The fourth-order valence-electron chi connectivity index (χ4n) is 3.06. The third kappa shape index (κ3) is 3.07. The fraction of sp³-hybridized carbons (Fsp3) is 0.625. The molecule has 0 spiro atoms. The number of rotatable bonds is 3. The van der Waals surface area contributed by atoms with Crippen molar-refractivity contribution in [1.29, 1.82) is 0 Å². The molecule has 3 heterocycles. The molecule has 2 aliphatic heterocycles. The molecule has 23 heavy (non-hydrogen) atoms. The molecule has 1 aromatic heterocycles. The van der Waals surface area contributed by atoms with Gasteiger partial charge in [0.15, 0.2) is 0 Å². The predicted octanol–water partition coefficient (Wildman–Crippen LogP) is 1.83. The molecular formula is C16H22N2O4S. The van der Waals surface area contributed by atoms with Crippen molar-refractivity contribution in [2.45, 2.75) is 32.7 Å². The van der Waals surface area contributed by atoms with Crippen molar-refractivity contribution in [3.8, 4) is 0 Å². The Hall–Kier alpha value is -1.60. The number of ether oxygens (including phenoxy) is 2. The monoisotopic (exact) mass is 338 g/mol. The number of fused-ring (bicyclic) bond motifs is 1.